The van der Waals surface area contributed by atoms with E-state index in [1.807, 2.05) is 6.92 Å². The minimum absolute atomic E-state index is 0.0163. The number of nitro groups is 1. The van der Waals surface area contributed by atoms with E-state index in [-0.39, 0.29) is 30.0 Å². The summed E-state index contributed by atoms with van der Waals surface area (Å²) in [5.74, 6) is 0.134. The van der Waals surface area contributed by atoms with E-state index in [0.717, 1.165) is 12.8 Å². The van der Waals surface area contributed by atoms with Crippen LogP contribution in [0.3, 0.4) is 0 Å². The van der Waals surface area contributed by atoms with Crippen molar-refractivity contribution in [3.8, 4) is 0 Å². The van der Waals surface area contributed by atoms with Gasteiger partial charge >= 0.3 is 5.69 Å². The maximum atomic E-state index is 11.6. The maximum Gasteiger partial charge on any atom is 0.333 e. The Morgan fingerprint density at radius 2 is 2.26 bits per heavy atom. The third kappa shape index (κ3) is 3.01. The van der Waals surface area contributed by atoms with Crippen molar-refractivity contribution in [2.24, 2.45) is 0 Å². The molecule has 2 rings (SSSR count). The average molecular weight is 267 g/mol. The first-order valence-electron chi connectivity index (χ1n) is 6.28. The van der Waals surface area contributed by atoms with Crippen LogP contribution in [-0.4, -0.2) is 33.2 Å². The molecule has 1 amide bonds. The van der Waals surface area contributed by atoms with Gasteiger partial charge in [-0.25, -0.2) is 4.68 Å². The Kier molecular flexibility index (Phi) is 3.68. The molecule has 1 aliphatic carbocycles. The summed E-state index contributed by atoms with van der Waals surface area (Å²) >= 11 is 0. The molecule has 1 aliphatic rings. The van der Waals surface area contributed by atoms with Crippen molar-refractivity contribution in [2.45, 2.75) is 39.3 Å². The minimum atomic E-state index is -0.477. The maximum absolute atomic E-state index is 11.6. The quantitative estimate of drug-likeness (QED) is 0.586. The first-order chi connectivity index (χ1) is 9.02. The number of aryl methyl sites for hydroxylation is 2. The predicted molar refractivity (Wildman–Crippen MR) is 68.9 cm³/mol. The molecule has 0 spiro atoms. The highest BCUT2D eigenvalue weighted by molar-refractivity contribution is 5.81. The van der Waals surface area contributed by atoms with Crippen LogP contribution >= 0.6 is 0 Å². The van der Waals surface area contributed by atoms with Gasteiger partial charge in [-0.05, 0) is 26.7 Å². The number of anilines is 1. The fourth-order valence-electron chi connectivity index (χ4n) is 1.86. The first kappa shape index (κ1) is 13.3. The number of hydrogen-bond donors (Lipinski definition) is 2. The highest BCUT2D eigenvalue weighted by Crippen LogP contribution is 2.27. The van der Waals surface area contributed by atoms with Gasteiger partial charge in [-0.1, -0.05) is 0 Å². The van der Waals surface area contributed by atoms with E-state index in [4.69, 9.17) is 0 Å². The number of carbonyl (C=O) groups excluding carboxylic acids is 1. The molecule has 0 atom stereocenters. The number of aromatic nitrogens is 2. The third-order valence-electron chi connectivity index (χ3n) is 2.94. The lowest BCUT2D eigenvalue weighted by Gasteiger charge is -2.07. The average Bonchev–Trinajstić information content (AvgIpc) is 3.08. The highest BCUT2D eigenvalue weighted by atomic mass is 16.6. The summed E-state index contributed by atoms with van der Waals surface area (Å²) in [6.07, 6.45) is 2.02. The van der Waals surface area contributed by atoms with Crippen molar-refractivity contribution in [1.29, 1.82) is 0 Å². The van der Waals surface area contributed by atoms with Crippen LogP contribution < -0.4 is 10.6 Å². The molecule has 8 heteroatoms. The molecule has 0 aliphatic heterocycles. The number of carbonyl (C=O) groups is 1. The predicted octanol–water partition coefficient (Wildman–Crippen LogP) is 0.810. The van der Waals surface area contributed by atoms with Crippen molar-refractivity contribution < 1.29 is 9.72 Å². The van der Waals surface area contributed by atoms with Gasteiger partial charge in [0.05, 0.1) is 11.5 Å². The van der Waals surface area contributed by atoms with E-state index < -0.39 is 4.92 Å². The number of amides is 1. The second kappa shape index (κ2) is 5.25. The molecule has 0 radical (unpaired) electrons. The molecular weight excluding hydrogens is 250 g/mol. The molecular formula is C11H17N5O3. The molecule has 1 fully saturated rings. The molecule has 0 bridgehead atoms. The number of hydrogen-bond acceptors (Lipinski definition) is 5. The summed E-state index contributed by atoms with van der Waals surface area (Å²) in [6, 6.07) is 0.280. The van der Waals surface area contributed by atoms with Gasteiger partial charge in [0, 0.05) is 12.6 Å². The molecule has 0 saturated heterocycles. The first-order valence-corrected chi connectivity index (χ1v) is 6.28. The molecule has 1 aromatic heterocycles. The van der Waals surface area contributed by atoms with Crippen molar-refractivity contribution in [2.75, 3.05) is 11.9 Å². The van der Waals surface area contributed by atoms with Gasteiger partial charge in [0.25, 0.3) is 0 Å². The summed E-state index contributed by atoms with van der Waals surface area (Å²) in [6.45, 7) is 3.94. The lowest BCUT2D eigenvalue weighted by atomic mass is 10.4. The van der Waals surface area contributed by atoms with Crippen LogP contribution in [0.15, 0.2) is 0 Å². The van der Waals surface area contributed by atoms with Gasteiger partial charge in [0.15, 0.2) is 0 Å². The Morgan fingerprint density at radius 1 is 1.58 bits per heavy atom. The smallest absolute Gasteiger partial charge is 0.333 e. The molecule has 2 N–H and O–H groups in total. The Balaban J connectivity index is 2.08. The fraction of sp³-hybridized carbons (Fsp3) is 0.636. The van der Waals surface area contributed by atoms with E-state index in [1.54, 1.807) is 6.92 Å². The number of nitrogens with one attached hydrogen (secondary N) is 2. The minimum Gasteiger partial charge on any atom is -0.355 e. The zero-order valence-electron chi connectivity index (χ0n) is 11.0. The summed E-state index contributed by atoms with van der Waals surface area (Å²) < 4.78 is 1.50. The van der Waals surface area contributed by atoms with E-state index in [1.165, 1.54) is 4.68 Å². The van der Waals surface area contributed by atoms with Gasteiger partial charge < -0.3 is 10.6 Å². The molecule has 1 saturated carbocycles. The largest absolute Gasteiger partial charge is 0.355 e. The van der Waals surface area contributed by atoms with Crippen LogP contribution in [0.4, 0.5) is 11.5 Å². The van der Waals surface area contributed by atoms with E-state index >= 15 is 0 Å². The molecule has 1 heterocycles. The van der Waals surface area contributed by atoms with Crippen molar-refractivity contribution in [1.82, 2.24) is 15.1 Å². The fourth-order valence-corrected chi connectivity index (χ4v) is 1.86. The third-order valence-corrected chi connectivity index (χ3v) is 2.94. The van der Waals surface area contributed by atoms with Crippen molar-refractivity contribution >= 4 is 17.4 Å². The number of rotatable bonds is 6. The van der Waals surface area contributed by atoms with Crippen LogP contribution in [0.2, 0.25) is 0 Å². The zero-order chi connectivity index (χ0) is 14.0. The Bertz CT molecular complexity index is 507. The topological polar surface area (TPSA) is 102 Å². The van der Waals surface area contributed by atoms with Crippen LogP contribution in [0, 0.1) is 17.0 Å². The summed E-state index contributed by atoms with van der Waals surface area (Å²) in [4.78, 5) is 22.1. The SMILES string of the molecule is CCn1nc(C)c([N+](=O)[O-])c1NCC(=O)NC1CC1. The zero-order valence-corrected chi connectivity index (χ0v) is 11.0. The van der Waals surface area contributed by atoms with E-state index in [9.17, 15) is 14.9 Å². The van der Waals surface area contributed by atoms with E-state index in [0.29, 0.717) is 12.2 Å². The van der Waals surface area contributed by atoms with Crippen molar-refractivity contribution in [3.05, 3.63) is 15.8 Å². The summed E-state index contributed by atoms with van der Waals surface area (Å²) in [7, 11) is 0. The molecule has 1 aromatic rings. The van der Waals surface area contributed by atoms with Gasteiger partial charge in [-0.2, -0.15) is 5.10 Å². The van der Waals surface area contributed by atoms with E-state index in [2.05, 4.69) is 15.7 Å². The molecule has 19 heavy (non-hydrogen) atoms. The van der Waals surface area contributed by atoms with Crippen LogP contribution in [0.5, 0.6) is 0 Å². The molecule has 104 valence electrons. The van der Waals surface area contributed by atoms with Crippen LogP contribution in [0.1, 0.15) is 25.5 Å². The summed E-state index contributed by atoms with van der Waals surface area (Å²) in [5.41, 5.74) is 0.276. The molecule has 0 aromatic carbocycles. The molecule has 0 unspecified atom stereocenters. The second-order valence-corrected chi connectivity index (χ2v) is 4.55. The normalized spacial score (nSPS) is 14.2. The Hall–Kier alpha value is -2.12. The lowest BCUT2D eigenvalue weighted by Crippen LogP contribution is -2.32. The lowest BCUT2D eigenvalue weighted by molar-refractivity contribution is -0.384. The van der Waals surface area contributed by atoms with Gasteiger partial charge in [0.2, 0.25) is 11.7 Å². The molecule has 8 nitrogen and oxygen atoms in total. The Labute approximate surface area is 110 Å². The van der Waals surface area contributed by atoms with Gasteiger partial charge in [-0.3, -0.25) is 14.9 Å². The van der Waals surface area contributed by atoms with Crippen LogP contribution in [-0.2, 0) is 11.3 Å². The van der Waals surface area contributed by atoms with Gasteiger partial charge in [0.1, 0.15) is 5.69 Å². The standard InChI is InChI=1S/C11H17N5O3/c1-3-15-11(10(16(18)19)7(2)14-15)12-6-9(17)13-8-4-5-8/h8,12H,3-6H2,1-2H3,(H,13,17). The Morgan fingerprint density at radius 3 is 2.79 bits per heavy atom. The number of nitrogens with zero attached hydrogens (tertiary/aromatic N) is 3. The second-order valence-electron chi connectivity index (χ2n) is 4.55. The van der Waals surface area contributed by atoms with Gasteiger partial charge in [-0.15, -0.1) is 0 Å². The van der Waals surface area contributed by atoms with Crippen molar-refractivity contribution in [3.63, 3.8) is 0 Å². The highest BCUT2D eigenvalue weighted by Gasteiger charge is 2.26. The van der Waals surface area contributed by atoms with Crippen LogP contribution in [0.25, 0.3) is 0 Å². The summed E-state index contributed by atoms with van der Waals surface area (Å²) in [5, 5.41) is 20.7. The monoisotopic (exact) mass is 267 g/mol.